The number of rotatable bonds is 9. The van der Waals surface area contributed by atoms with E-state index in [0.717, 1.165) is 31.2 Å². The van der Waals surface area contributed by atoms with Crippen LogP contribution in [0.2, 0.25) is 0 Å². The van der Waals surface area contributed by atoms with Gasteiger partial charge in [-0.25, -0.2) is 8.42 Å². The fraction of sp³-hybridized carbons (Fsp3) is 0.474. The van der Waals surface area contributed by atoms with Crippen LogP contribution in [0.15, 0.2) is 52.3 Å². The number of hydrogen-bond donors (Lipinski definition) is 1. The Morgan fingerprint density at radius 3 is 2.39 bits per heavy atom. The molecule has 1 aromatic carbocycles. The van der Waals surface area contributed by atoms with E-state index < -0.39 is 15.9 Å². The fourth-order valence-corrected chi connectivity index (χ4v) is 3.52. The van der Waals surface area contributed by atoms with Gasteiger partial charge in [0.05, 0.1) is 15.9 Å². The molecule has 0 aliphatic heterocycles. The second-order valence-corrected chi connectivity index (χ2v) is 7.74. The highest BCUT2D eigenvalue weighted by atomic mass is 32.2. The monoisotopic (exact) mass is 336 g/mol. The minimum atomic E-state index is -3.60. The van der Waals surface area contributed by atoms with Gasteiger partial charge in [0.25, 0.3) is 0 Å². The SMILES string of the molecule is CCC/C=C/C(=C[C@H](O)CCCC)S(=O)(=O)c1ccc(C)cc1. The molecule has 0 saturated carbocycles. The van der Waals surface area contributed by atoms with Crippen LogP contribution >= 0.6 is 0 Å². The number of sulfone groups is 1. The number of benzene rings is 1. The van der Waals surface area contributed by atoms with E-state index in [1.807, 2.05) is 26.8 Å². The molecule has 0 amide bonds. The Morgan fingerprint density at radius 1 is 1.17 bits per heavy atom. The fourth-order valence-electron chi connectivity index (χ4n) is 2.14. The third-order valence-electron chi connectivity index (χ3n) is 3.59. The zero-order valence-corrected chi connectivity index (χ0v) is 15.1. The molecule has 0 bridgehead atoms. The molecule has 0 aliphatic carbocycles. The molecule has 0 aliphatic rings. The van der Waals surface area contributed by atoms with Crippen molar-refractivity contribution in [3.8, 4) is 0 Å². The molecule has 4 heteroatoms. The molecule has 1 N–H and O–H groups in total. The van der Waals surface area contributed by atoms with Gasteiger partial charge < -0.3 is 5.11 Å². The van der Waals surface area contributed by atoms with Gasteiger partial charge in [-0.3, -0.25) is 0 Å². The van der Waals surface area contributed by atoms with E-state index in [1.165, 1.54) is 6.08 Å². The Kier molecular flexibility index (Phi) is 8.28. The van der Waals surface area contributed by atoms with Gasteiger partial charge in [0.15, 0.2) is 0 Å². The summed E-state index contributed by atoms with van der Waals surface area (Å²) in [7, 11) is -3.60. The first-order valence-corrected chi connectivity index (χ1v) is 9.78. The van der Waals surface area contributed by atoms with E-state index in [1.54, 1.807) is 30.3 Å². The van der Waals surface area contributed by atoms with Gasteiger partial charge in [0.2, 0.25) is 9.84 Å². The topological polar surface area (TPSA) is 54.4 Å². The van der Waals surface area contributed by atoms with E-state index in [0.29, 0.717) is 6.42 Å². The molecule has 0 fully saturated rings. The van der Waals surface area contributed by atoms with Crippen molar-refractivity contribution in [2.24, 2.45) is 0 Å². The third kappa shape index (κ3) is 6.32. The number of hydrogen-bond acceptors (Lipinski definition) is 3. The van der Waals surface area contributed by atoms with Crippen molar-refractivity contribution < 1.29 is 13.5 Å². The summed E-state index contributed by atoms with van der Waals surface area (Å²) in [6, 6.07) is 6.80. The maximum atomic E-state index is 12.8. The van der Waals surface area contributed by atoms with E-state index in [2.05, 4.69) is 0 Å². The summed E-state index contributed by atoms with van der Waals surface area (Å²) < 4.78 is 25.6. The predicted molar refractivity (Wildman–Crippen MR) is 96.0 cm³/mol. The summed E-state index contributed by atoms with van der Waals surface area (Å²) in [5, 5.41) is 10.1. The molecule has 0 aromatic heterocycles. The van der Waals surface area contributed by atoms with E-state index in [4.69, 9.17) is 0 Å². The van der Waals surface area contributed by atoms with E-state index in [-0.39, 0.29) is 9.80 Å². The Balaban J connectivity index is 3.16. The molecule has 0 radical (unpaired) electrons. The lowest BCUT2D eigenvalue weighted by Crippen LogP contribution is -2.09. The van der Waals surface area contributed by atoms with Crippen molar-refractivity contribution in [3.05, 3.63) is 53.0 Å². The number of allylic oxidation sites excluding steroid dienone is 2. The quantitative estimate of drug-likeness (QED) is 0.673. The predicted octanol–water partition coefficient (Wildman–Crippen LogP) is 4.56. The molecule has 0 saturated heterocycles. The second kappa shape index (κ2) is 9.68. The molecule has 128 valence electrons. The molecular formula is C19H28O3S. The lowest BCUT2D eigenvalue weighted by atomic mass is 10.1. The summed E-state index contributed by atoms with van der Waals surface area (Å²) in [5.74, 6) is 0. The molecule has 1 atom stereocenters. The standard InChI is InChI=1S/C19H28O3S/c1-4-6-8-10-19(15-17(20)9-7-5-2)23(21,22)18-13-11-16(3)12-14-18/h8,10-15,17,20H,4-7,9H2,1-3H3/b10-8+,19-15?/t17-/m1/s1. The average molecular weight is 336 g/mol. The van der Waals surface area contributed by atoms with Crippen molar-refractivity contribution in [2.75, 3.05) is 0 Å². The highest BCUT2D eigenvalue weighted by molar-refractivity contribution is 7.95. The van der Waals surface area contributed by atoms with Crippen molar-refractivity contribution in [1.29, 1.82) is 0 Å². The summed E-state index contributed by atoms with van der Waals surface area (Å²) in [6.07, 6.45) is 8.38. The molecule has 0 heterocycles. The maximum absolute atomic E-state index is 12.8. The third-order valence-corrected chi connectivity index (χ3v) is 5.37. The Hall–Kier alpha value is -1.39. The van der Waals surface area contributed by atoms with Gasteiger partial charge in [0.1, 0.15) is 0 Å². The molecular weight excluding hydrogens is 308 g/mol. The molecule has 0 spiro atoms. The van der Waals surface area contributed by atoms with Crippen LogP contribution in [0.25, 0.3) is 0 Å². The first-order chi connectivity index (χ1) is 10.9. The minimum Gasteiger partial charge on any atom is -0.389 e. The van der Waals surface area contributed by atoms with Crippen LogP contribution in [-0.4, -0.2) is 19.6 Å². The molecule has 0 unspecified atom stereocenters. The lowest BCUT2D eigenvalue weighted by Gasteiger charge is -2.10. The van der Waals surface area contributed by atoms with Crippen LogP contribution in [0, 0.1) is 6.92 Å². The van der Waals surface area contributed by atoms with Gasteiger partial charge in [-0.15, -0.1) is 0 Å². The number of aliphatic hydroxyl groups excluding tert-OH is 1. The van der Waals surface area contributed by atoms with Crippen LogP contribution in [0.5, 0.6) is 0 Å². The maximum Gasteiger partial charge on any atom is 0.206 e. The molecule has 23 heavy (non-hydrogen) atoms. The van der Waals surface area contributed by atoms with Crippen LogP contribution in [0.1, 0.15) is 51.5 Å². The summed E-state index contributed by atoms with van der Waals surface area (Å²) in [5.41, 5.74) is 1.01. The zero-order valence-electron chi connectivity index (χ0n) is 14.3. The number of aryl methyl sites for hydroxylation is 1. The highest BCUT2D eigenvalue weighted by Crippen LogP contribution is 2.22. The number of aliphatic hydroxyl groups is 1. The normalized spacial score (nSPS) is 14.3. The Bertz CT molecular complexity index is 625. The first-order valence-electron chi connectivity index (χ1n) is 8.30. The molecule has 1 aromatic rings. The van der Waals surface area contributed by atoms with Crippen molar-refractivity contribution in [1.82, 2.24) is 0 Å². The summed E-state index contributed by atoms with van der Waals surface area (Å²) in [6.45, 7) is 6.00. The van der Waals surface area contributed by atoms with Crippen LogP contribution in [0.3, 0.4) is 0 Å². The van der Waals surface area contributed by atoms with Crippen molar-refractivity contribution >= 4 is 9.84 Å². The molecule has 3 nitrogen and oxygen atoms in total. The smallest absolute Gasteiger partial charge is 0.206 e. The largest absolute Gasteiger partial charge is 0.389 e. The zero-order chi connectivity index (χ0) is 17.3. The first kappa shape index (κ1) is 19.7. The lowest BCUT2D eigenvalue weighted by molar-refractivity contribution is 0.209. The summed E-state index contributed by atoms with van der Waals surface area (Å²) in [4.78, 5) is 0.441. The number of unbranched alkanes of at least 4 members (excludes halogenated alkanes) is 2. The van der Waals surface area contributed by atoms with Gasteiger partial charge in [-0.1, -0.05) is 56.9 Å². The van der Waals surface area contributed by atoms with Crippen LogP contribution in [-0.2, 0) is 9.84 Å². The van der Waals surface area contributed by atoms with Crippen molar-refractivity contribution in [3.63, 3.8) is 0 Å². The minimum absolute atomic E-state index is 0.179. The average Bonchev–Trinajstić information content (AvgIpc) is 2.52. The van der Waals surface area contributed by atoms with E-state index in [9.17, 15) is 13.5 Å². The van der Waals surface area contributed by atoms with Gasteiger partial charge in [-0.2, -0.15) is 0 Å². The van der Waals surface area contributed by atoms with Gasteiger partial charge >= 0.3 is 0 Å². The second-order valence-electron chi connectivity index (χ2n) is 5.79. The van der Waals surface area contributed by atoms with Crippen LogP contribution in [0.4, 0.5) is 0 Å². The highest BCUT2D eigenvalue weighted by Gasteiger charge is 2.19. The molecule has 1 rings (SSSR count). The Morgan fingerprint density at radius 2 is 1.83 bits per heavy atom. The Labute approximate surface area is 140 Å². The van der Waals surface area contributed by atoms with Crippen LogP contribution < -0.4 is 0 Å². The van der Waals surface area contributed by atoms with Gasteiger partial charge in [-0.05, 0) is 44.1 Å². The van der Waals surface area contributed by atoms with Gasteiger partial charge in [0, 0.05) is 0 Å². The summed E-state index contributed by atoms with van der Waals surface area (Å²) >= 11 is 0. The van der Waals surface area contributed by atoms with Crippen molar-refractivity contribution in [2.45, 2.75) is 63.9 Å². The van der Waals surface area contributed by atoms with E-state index >= 15 is 0 Å².